The Kier molecular flexibility index (Phi) is 3.63. The molecule has 0 aliphatic heterocycles. The molecule has 0 aromatic carbocycles. The van der Waals surface area contributed by atoms with Crippen LogP contribution in [0.4, 0.5) is 5.82 Å². The molecule has 0 unspecified atom stereocenters. The van der Waals surface area contributed by atoms with Gasteiger partial charge in [-0.1, -0.05) is 19.3 Å². The highest BCUT2D eigenvalue weighted by molar-refractivity contribution is 5.98. The molecule has 3 heterocycles. The zero-order valence-corrected chi connectivity index (χ0v) is 13.5. The standard InChI is InChI=1S/C18H17N3O4/c19-15-13(18(23)24)7-12-14(22)11-6-10(9-4-2-1-3-5-9)8-20-16(11)25-17(12)21-15/h6-9H,1-5H2,(H2,19,21)(H,23,24). The Labute approximate surface area is 142 Å². The van der Waals surface area contributed by atoms with Crippen LogP contribution in [0.3, 0.4) is 0 Å². The third-order valence-electron chi connectivity index (χ3n) is 4.88. The molecule has 0 bridgehead atoms. The number of carbonyl (C=O) groups is 1. The molecule has 0 atom stereocenters. The van der Waals surface area contributed by atoms with Gasteiger partial charge in [0.1, 0.15) is 11.4 Å². The fourth-order valence-corrected chi connectivity index (χ4v) is 3.53. The van der Waals surface area contributed by atoms with Crippen LogP contribution in [-0.4, -0.2) is 21.0 Å². The summed E-state index contributed by atoms with van der Waals surface area (Å²) in [5.41, 5.74) is 6.29. The van der Waals surface area contributed by atoms with Crippen LogP contribution in [0.1, 0.15) is 53.9 Å². The predicted molar refractivity (Wildman–Crippen MR) is 92.8 cm³/mol. The average molecular weight is 339 g/mol. The van der Waals surface area contributed by atoms with E-state index in [0.717, 1.165) is 18.4 Å². The molecule has 0 saturated heterocycles. The second-order valence-electron chi connectivity index (χ2n) is 6.47. The van der Waals surface area contributed by atoms with Crippen molar-refractivity contribution in [1.82, 2.24) is 9.97 Å². The summed E-state index contributed by atoms with van der Waals surface area (Å²) in [7, 11) is 0. The maximum atomic E-state index is 12.8. The van der Waals surface area contributed by atoms with Gasteiger partial charge in [-0.15, -0.1) is 0 Å². The van der Waals surface area contributed by atoms with Crippen molar-refractivity contribution in [2.24, 2.45) is 0 Å². The molecule has 1 aliphatic rings. The van der Waals surface area contributed by atoms with Crippen LogP contribution in [0, 0.1) is 0 Å². The van der Waals surface area contributed by atoms with Gasteiger partial charge in [-0.25, -0.2) is 9.78 Å². The maximum absolute atomic E-state index is 12.8. The van der Waals surface area contributed by atoms with E-state index in [0.29, 0.717) is 11.3 Å². The number of fused-ring (bicyclic) bond motifs is 2. The van der Waals surface area contributed by atoms with Crippen molar-refractivity contribution >= 4 is 34.0 Å². The zero-order chi connectivity index (χ0) is 17.6. The van der Waals surface area contributed by atoms with Crippen LogP contribution in [-0.2, 0) is 0 Å². The van der Waals surface area contributed by atoms with E-state index >= 15 is 0 Å². The molecule has 0 amide bonds. The molecule has 1 aliphatic carbocycles. The van der Waals surface area contributed by atoms with Crippen LogP contribution in [0.2, 0.25) is 0 Å². The number of rotatable bonds is 2. The molecule has 128 valence electrons. The Balaban J connectivity index is 1.93. The number of anilines is 1. The van der Waals surface area contributed by atoms with E-state index in [1.54, 1.807) is 6.20 Å². The number of carboxylic acid groups (broad SMARTS) is 1. The number of hydrogen-bond acceptors (Lipinski definition) is 6. The van der Waals surface area contributed by atoms with Crippen LogP contribution in [0.15, 0.2) is 27.5 Å². The van der Waals surface area contributed by atoms with E-state index in [1.165, 1.54) is 25.3 Å². The third-order valence-corrected chi connectivity index (χ3v) is 4.88. The molecule has 7 nitrogen and oxygen atoms in total. The van der Waals surface area contributed by atoms with Crippen LogP contribution >= 0.6 is 0 Å². The number of nitrogen functional groups attached to an aromatic ring is 1. The Morgan fingerprint density at radius 3 is 2.60 bits per heavy atom. The van der Waals surface area contributed by atoms with Crippen LogP contribution in [0.25, 0.3) is 22.2 Å². The Morgan fingerprint density at radius 1 is 1.16 bits per heavy atom. The highest BCUT2D eigenvalue weighted by Gasteiger charge is 2.20. The van der Waals surface area contributed by atoms with E-state index < -0.39 is 5.97 Å². The van der Waals surface area contributed by atoms with Crippen molar-refractivity contribution in [2.75, 3.05) is 5.73 Å². The number of pyridine rings is 2. The fraction of sp³-hybridized carbons (Fsp3) is 0.333. The Morgan fingerprint density at radius 2 is 1.88 bits per heavy atom. The predicted octanol–water partition coefficient (Wildman–Crippen LogP) is 3.06. The highest BCUT2D eigenvalue weighted by atomic mass is 16.4. The Hall–Kier alpha value is -2.96. The largest absolute Gasteiger partial charge is 0.478 e. The first-order chi connectivity index (χ1) is 12.0. The van der Waals surface area contributed by atoms with Gasteiger partial charge >= 0.3 is 5.97 Å². The second-order valence-corrected chi connectivity index (χ2v) is 6.47. The van der Waals surface area contributed by atoms with Gasteiger partial charge < -0.3 is 15.3 Å². The molecule has 3 N–H and O–H groups in total. The van der Waals surface area contributed by atoms with Crippen molar-refractivity contribution in [2.45, 2.75) is 38.0 Å². The van der Waals surface area contributed by atoms with Gasteiger partial charge in [0.15, 0.2) is 0 Å². The van der Waals surface area contributed by atoms with Crippen LogP contribution < -0.4 is 11.2 Å². The average Bonchev–Trinajstić information content (AvgIpc) is 2.62. The first kappa shape index (κ1) is 15.6. The molecule has 4 rings (SSSR count). The molecule has 25 heavy (non-hydrogen) atoms. The van der Waals surface area contributed by atoms with E-state index in [1.807, 2.05) is 6.07 Å². The van der Waals surface area contributed by atoms with Crippen molar-refractivity contribution < 1.29 is 14.3 Å². The van der Waals surface area contributed by atoms with Gasteiger partial charge in [0, 0.05) is 6.20 Å². The fourth-order valence-electron chi connectivity index (χ4n) is 3.53. The number of aromatic carboxylic acids is 1. The first-order valence-corrected chi connectivity index (χ1v) is 8.31. The summed E-state index contributed by atoms with van der Waals surface area (Å²) in [6.07, 6.45) is 7.54. The lowest BCUT2D eigenvalue weighted by atomic mass is 9.84. The number of aromatic nitrogens is 2. The minimum atomic E-state index is -1.24. The van der Waals surface area contributed by atoms with Gasteiger partial charge in [-0.05, 0) is 36.5 Å². The highest BCUT2D eigenvalue weighted by Crippen LogP contribution is 2.33. The van der Waals surface area contributed by atoms with E-state index in [-0.39, 0.29) is 33.6 Å². The number of carboxylic acids is 1. The van der Waals surface area contributed by atoms with E-state index in [9.17, 15) is 14.7 Å². The first-order valence-electron chi connectivity index (χ1n) is 8.31. The zero-order valence-electron chi connectivity index (χ0n) is 13.5. The molecule has 3 aromatic heterocycles. The summed E-state index contributed by atoms with van der Waals surface area (Å²) in [6, 6.07) is 3.04. The summed E-state index contributed by atoms with van der Waals surface area (Å²) in [6.45, 7) is 0. The van der Waals surface area contributed by atoms with Gasteiger partial charge in [-0.3, -0.25) is 4.79 Å². The smallest absolute Gasteiger partial charge is 0.339 e. The van der Waals surface area contributed by atoms with Gasteiger partial charge in [0.05, 0.1) is 10.8 Å². The molecular formula is C18H17N3O4. The topological polar surface area (TPSA) is 119 Å². The molecule has 7 heteroatoms. The summed E-state index contributed by atoms with van der Waals surface area (Å²) in [5, 5.41) is 9.62. The molecule has 3 aromatic rings. The number of hydrogen-bond donors (Lipinski definition) is 2. The van der Waals surface area contributed by atoms with E-state index in [4.69, 9.17) is 10.2 Å². The van der Waals surface area contributed by atoms with E-state index in [2.05, 4.69) is 9.97 Å². The molecule has 0 radical (unpaired) electrons. The second kappa shape index (κ2) is 5.84. The van der Waals surface area contributed by atoms with Gasteiger partial charge in [0.25, 0.3) is 0 Å². The lowest BCUT2D eigenvalue weighted by molar-refractivity contribution is 0.0698. The summed E-state index contributed by atoms with van der Waals surface area (Å²) in [4.78, 5) is 32.3. The van der Waals surface area contributed by atoms with Crippen molar-refractivity contribution in [3.63, 3.8) is 0 Å². The lowest BCUT2D eigenvalue weighted by Gasteiger charge is -2.21. The SMILES string of the molecule is Nc1nc2oc3ncc(C4CCCCC4)cc3c(=O)c2cc1C(=O)O. The molecule has 1 saturated carbocycles. The van der Waals surface area contributed by atoms with Crippen molar-refractivity contribution in [3.05, 3.63) is 39.7 Å². The molecule has 1 fully saturated rings. The normalized spacial score (nSPS) is 15.7. The third kappa shape index (κ3) is 2.61. The minimum Gasteiger partial charge on any atom is -0.478 e. The van der Waals surface area contributed by atoms with Crippen molar-refractivity contribution in [3.8, 4) is 0 Å². The van der Waals surface area contributed by atoms with Crippen molar-refractivity contribution in [1.29, 1.82) is 0 Å². The van der Waals surface area contributed by atoms with Gasteiger partial charge in [-0.2, -0.15) is 4.98 Å². The number of nitrogens with two attached hydrogens (primary N) is 1. The lowest BCUT2D eigenvalue weighted by Crippen LogP contribution is -2.11. The van der Waals surface area contributed by atoms with Gasteiger partial charge in [0.2, 0.25) is 16.9 Å². The monoisotopic (exact) mass is 339 g/mol. The minimum absolute atomic E-state index is 0.00193. The summed E-state index contributed by atoms with van der Waals surface area (Å²) >= 11 is 0. The van der Waals surface area contributed by atoms with Crippen LogP contribution in [0.5, 0.6) is 0 Å². The number of nitrogens with zero attached hydrogens (tertiary/aromatic N) is 2. The summed E-state index contributed by atoms with van der Waals surface area (Å²) in [5.74, 6) is -1.03. The quantitative estimate of drug-likeness (QED) is 0.688. The maximum Gasteiger partial charge on any atom is 0.339 e. The molecular weight excluding hydrogens is 322 g/mol. The Bertz CT molecular complexity index is 1050. The molecule has 0 spiro atoms. The summed E-state index contributed by atoms with van der Waals surface area (Å²) < 4.78 is 5.59.